The first-order valence-electron chi connectivity index (χ1n) is 3.66. The first-order valence-corrected chi connectivity index (χ1v) is 3.66. The van der Waals surface area contributed by atoms with E-state index in [2.05, 4.69) is 5.32 Å². The highest BCUT2D eigenvalue weighted by Crippen LogP contribution is 2.13. The minimum absolute atomic E-state index is 0.319. The Kier molecular flexibility index (Phi) is 2.33. The molecular weight excluding hydrogens is 154 g/mol. The van der Waals surface area contributed by atoms with Gasteiger partial charge in [-0.05, 0) is 30.7 Å². The summed E-state index contributed by atoms with van der Waals surface area (Å²) in [5, 5.41) is 11.6. The van der Waals surface area contributed by atoms with E-state index in [-0.39, 0.29) is 0 Å². The topological polar surface area (TPSA) is 49.3 Å². The Morgan fingerprint density at radius 3 is 2.58 bits per heavy atom. The number of nitrogens with one attached hydrogen (secondary N) is 1. The molecule has 3 heteroatoms. The zero-order chi connectivity index (χ0) is 9.14. The molecule has 0 unspecified atom stereocenters. The van der Waals surface area contributed by atoms with Gasteiger partial charge in [0.2, 0.25) is 0 Å². The van der Waals surface area contributed by atoms with Gasteiger partial charge in [-0.1, -0.05) is 0 Å². The Bertz CT molecular complexity index is 307. The molecular formula is C9H11NO2. The Hall–Kier alpha value is -1.51. The average molecular weight is 165 g/mol. The number of carboxylic acids is 1. The van der Waals surface area contributed by atoms with E-state index in [1.807, 2.05) is 13.0 Å². The van der Waals surface area contributed by atoms with E-state index in [9.17, 15) is 4.79 Å². The Balaban J connectivity index is 3.15. The molecule has 0 amide bonds. The Morgan fingerprint density at radius 1 is 1.42 bits per heavy atom. The third kappa shape index (κ3) is 1.75. The minimum Gasteiger partial charge on any atom is -0.478 e. The summed E-state index contributed by atoms with van der Waals surface area (Å²) in [6.07, 6.45) is 0. The van der Waals surface area contributed by atoms with E-state index in [0.717, 1.165) is 11.3 Å². The van der Waals surface area contributed by atoms with Gasteiger partial charge in [-0.15, -0.1) is 0 Å². The van der Waals surface area contributed by atoms with Crippen LogP contribution in [0.2, 0.25) is 0 Å². The average Bonchev–Trinajstić information content (AvgIpc) is 2.03. The van der Waals surface area contributed by atoms with E-state index in [0.29, 0.717) is 5.56 Å². The lowest BCUT2D eigenvalue weighted by atomic mass is 10.1. The molecule has 0 atom stereocenters. The molecule has 0 saturated heterocycles. The first kappa shape index (κ1) is 8.59. The molecule has 0 aliphatic heterocycles. The van der Waals surface area contributed by atoms with Crippen molar-refractivity contribution in [1.82, 2.24) is 0 Å². The second-order valence-electron chi connectivity index (χ2n) is 2.64. The van der Waals surface area contributed by atoms with Crippen LogP contribution in [-0.2, 0) is 0 Å². The van der Waals surface area contributed by atoms with Crippen molar-refractivity contribution in [2.24, 2.45) is 0 Å². The summed E-state index contributed by atoms with van der Waals surface area (Å²) in [5.41, 5.74) is 2.09. The second kappa shape index (κ2) is 3.26. The lowest BCUT2D eigenvalue weighted by Crippen LogP contribution is -1.98. The van der Waals surface area contributed by atoms with E-state index < -0.39 is 5.97 Å². The molecule has 0 bridgehead atoms. The summed E-state index contributed by atoms with van der Waals surface area (Å²) >= 11 is 0. The number of rotatable bonds is 2. The molecule has 1 rings (SSSR count). The van der Waals surface area contributed by atoms with Gasteiger partial charge >= 0.3 is 5.97 Å². The van der Waals surface area contributed by atoms with Crippen LogP contribution < -0.4 is 5.32 Å². The van der Waals surface area contributed by atoms with Crippen LogP contribution >= 0.6 is 0 Å². The molecule has 0 spiro atoms. The summed E-state index contributed by atoms with van der Waals surface area (Å²) in [5.74, 6) is -0.893. The zero-order valence-corrected chi connectivity index (χ0v) is 7.09. The van der Waals surface area contributed by atoms with Crippen LogP contribution in [0.25, 0.3) is 0 Å². The number of anilines is 1. The van der Waals surface area contributed by atoms with Crippen LogP contribution in [0.5, 0.6) is 0 Å². The van der Waals surface area contributed by atoms with Crippen molar-refractivity contribution in [2.45, 2.75) is 6.92 Å². The predicted molar refractivity (Wildman–Crippen MR) is 47.7 cm³/mol. The molecule has 0 aromatic heterocycles. The van der Waals surface area contributed by atoms with Crippen molar-refractivity contribution in [2.75, 3.05) is 12.4 Å². The highest BCUT2D eigenvalue weighted by Gasteiger charge is 2.03. The summed E-state index contributed by atoms with van der Waals surface area (Å²) in [4.78, 5) is 10.6. The molecule has 12 heavy (non-hydrogen) atoms. The van der Waals surface area contributed by atoms with Crippen LogP contribution in [0.3, 0.4) is 0 Å². The van der Waals surface area contributed by atoms with Gasteiger partial charge in [0, 0.05) is 12.7 Å². The van der Waals surface area contributed by atoms with Gasteiger partial charge in [0.1, 0.15) is 0 Å². The van der Waals surface area contributed by atoms with Gasteiger partial charge in [0.25, 0.3) is 0 Å². The van der Waals surface area contributed by atoms with E-state index in [1.54, 1.807) is 19.2 Å². The smallest absolute Gasteiger partial charge is 0.335 e. The highest BCUT2D eigenvalue weighted by molar-refractivity contribution is 5.89. The van der Waals surface area contributed by atoms with Gasteiger partial charge in [0.15, 0.2) is 0 Å². The molecule has 1 aromatic rings. The maximum atomic E-state index is 10.6. The van der Waals surface area contributed by atoms with Gasteiger partial charge in [-0.2, -0.15) is 0 Å². The number of aromatic carboxylic acids is 1. The molecule has 1 aromatic carbocycles. The Labute approximate surface area is 71.0 Å². The van der Waals surface area contributed by atoms with Gasteiger partial charge < -0.3 is 10.4 Å². The minimum atomic E-state index is -0.893. The fourth-order valence-electron chi connectivity index (χ4n) is 1.05. The second-order valence-corrected chi connectivity index (χ2v) is 2.64. The maximum absolute atomic E-state index is 10.6. The molecule has 0 aliphatic carbocycles. The highest BCUT2D eigenvalue weighted by atomic mass is 16.4. The summed E-state index contributed by atoms with van der Waals surface area (Å²) in [6, 6.07) is 5.14. The van der Waals surface area contributed by atoms with Crippen LogP contribution in [0.4, 0.5) is 5.69 Å². The fourth-order valence-corrected chi connectivity index (χ4v) is 1.05. The quantitative estimate of drug-likeness (QED) is 0.701. The van der Waals surface area contributed by atoms with Gasteiger partial charge in [0.05, 0.1) is 5.56 Å². The van der Waals surface area contributed by atoms with Crippen molar-refractivity contribution >= 4 is 11.7 Å². The van der Waals surface area contributed by atoms with Crippen molar-refractivity contribution in [3.05, 3.63) is 29.3 Å². The SMILES string of the molecule is CNc1cc(C)cc(C(=O)O)c1. The maximum Gasteiger partial charge on any atom is 0.335 e. The number of carbonyl (C=O) groups is 1. The van der Waals surface area contributed by atoms with Crippen molar-refractivity contribution < 1.29 is 9.90 Å². The van der Waals surface area contributed by atoms with Crippen molar-refractivity contribution in [3.63, 3.8) is 0 Å². The van der Waals surface area contributed by atoms with Crippen molar-refractivity contribution in [3.8, 4) is 0 Å². The molecule has 0 aliphatic rings. The number of benzene rings is 1. The summed E-state index contributed by atoms with van der Waals surface area (Å²) < 4.78 is 0. The van der Waals surface area contributed by atoms with Crippen LogP contribution in [0.1, 0.15) is 15.9 Å². The van der Waals surface area contributed by atoms with Crippen LogP contribution in [0.15, 0.2) is 18.2 Å². The fraction of sp³-hybridized carbons (Fsp3) is 0.222. The van der Waals surface area contributed by atoms with E-state index in [4.69, 9.17) is 5.11 Å². The molecule has 0 fully saturated rings. The zero-order valence-electron chi connectivity index (χ0n) is 7.09. The molecule has 3 nitrogen and oxygen atoms in total. The molecule has 64 valence electrons. The lowest BCUT2D eigenvalue weighted by Gasteiger charge is -2.03. The number of aryl methyl sites for hydroxylation is 1. The molecule has 0 heterocycles. The monoisotopic (exact) mass is 165 g/mol. The number of carboxylic acid groups (broad SMARTS) is 1. The largest absolute Gasteiger partial charge is 0.478 e. The van der Waals surface area contributed by atoms with E-state index in [1.165, 1.54) is 0 Å². The van der Waals surface area contributed by atoms with Crippen LogP contribution in [0, 0.1) is 6.92 Å². The van der Waals surface area contributed by atoms with E-state index >= 15 is 0 Å². The number of hydrogen-bond acceptors (Lipinski definition) is 2. The molecule has 0 radical (unpaired) electrons. The standard InChI is InChI=1S/C9H11NO2/c1-6-3-7(9(11)12)5-8(4-6)10-2/h3-5,10H,1-2H3,(H,11,12). The third-order valence-electron chi connectivity index (χ3n) is 1.61. The lowest BCUT2D eigenvalue weighted by molar-refractivity contribution is 0.0697. The predicted octanol–water partition coefficient (Wildman–Crippen LogP) is 1.73. The Morgan fingerprint density at radius 2 is 2.08 bits per heavy atom. The third-order valence-corrected chi connectivity index (χ3v) is 1.61. The van der Waals surface area contributed by atoms with Crippen molar-refractivity contribution in [1.29, 1.82) is 0 Å². The van der Waals surface area contributed by atoms with Gasteiger partial charge in [-0.25, -0.2) is 4.79 Å². The van der Waals surface area contributed by atoms with Crippen LogP contribution in [-0.4, -0.2) is 18.1 Å². The number of hydrogen-bond donors (Lipinski definition) is 2. The summed E-state index contributed by atoms with van der Waals surface area (Å²) in [7, 11) is 1.76. The summed E-state index contributed by atoms with van der Waals surface area (Å²) in [6.45, 7) is 1.87. The van der Waals surface area contributed by atoms with Gasteiger partial charge in [-0.3, -0.25) is 0 Å². The normalized spacial score (nSPS) is 9.50. The molecule has 0 saturated carbocycles. The molecule has 2 N–H and O–H groups in total. The first-order chi connectivity index (χ1) is 5.63.